The van der Waals surface area contributed by atoms with E-state index in [1.54, 1.807) is 7.11 Å². The number of aromatic nitrogens is 3. The Labute approximate surface area is 138 Å². The lowest BCUT2D eigenvalue weighted by Crippen LogP contribution is -2.18. The van der Waals surface area contributed by atoms with Gasteiger partial charge in [-0.2, -0.15) is 0 Å². The second-order valence-corrected chi connectivity index (χ2v) is 5.95. The molecule has 0 aliphatic carbocycles. The molecule has 8 heteroatoms. The highest BCUT2D eigenvalue weighted by Crippen LogP contribution is 2.25. The maximum Gasteiger partial charge on any atom is 0.343 e. The highest BCUT2D eigenvalue weighted by atomic mass is 32.2. The maximum atomic E-state index is 12.1. The SMILES string of the molecule is CCCn1c(SCC(=O)Nc2cc(C)ccc2OC)n[nH]c1=O. The quantitative estimate of drug-likeness (QED) is 0.755. The van der Waals surface area contributed by atoms with E-state index in [2.05, 4.69) is 15.5 Å². The zero-order valence-electron chi connectivity index (χ0n) is 13.4. The number of amides is 1. The van der Waals surface area contributed by atoms with E-state index in [9.17, 15) is 9.59 Å². The van der Waals surface area contributed by atoms with Crippen LogP contribution in [0.15, 0.2) is 28.2 Å². The molecule has 0 aliphatic heterocycles. The summed E-state index contributed by atoms with van der Waals surface area (Å²) in [6, 6.07) is 5.57. The third-order valence-electron chi connectivity index (χ3n) is 3.13. The van der Waals surface area contributed by atoms with Crippen LogP contribution in [-0.4, -0.2) is 33.5 Å². The number of hydrogen-bond donors (Lipinski definition) is 2. The summed E-state index contributed by atoms with van der Waals surface area (Å²) in [4.78, 5) is 23.7. The van der Waals surface area contributed by atoms with Crippen molar-refractivity contribution in [2.24, 2.45) is 0 Å². The Kier molecular flexibility index (Phi) is 5.86. The first-order chi connectivity index (χ1) is 11.0. The summed E-state index contributed by atoms with van der Waals surface area (Å²) in [5.41, 5.74) is 1.40. The standard InChI is InChI=1S/C15H20N4O3S/c1-4-7-19-14(21)17-18-15(19)23-9-13(20)16-11-8-10(2)5-6-12(11)22-3/h5-6,8H,4,7,9H2,1-3H3,(H,16,20)(H,17,21). The van der Waals surface area contributed by atoms with Gasteiger partial charge in [-0.25, -0.2) is 9.89 Å². The Bertz CT molecular complexity index is 739. The molecule has 0 spiro atoms. The molecule has 0 saturated heterocycles. The fourth-order valence-corrected chi connectivity index (χ4v) is 2.84. The number of anilines is 1. The molecule has 1 aromatic carbocycles. The van der Waals surface area contributed by atoms with Gasteiger partial charge >= 0.3 is 5.69 Å². The van der Waals surface area contributed by atoms with Crippen molar-refractivity contribution in [3.63, 3.8) is 0 Å². The maximum absolute atomic E-state index is 12.1. The van der Waals surface area contributed by atoms with Crippen molar-refractivity contribution in [2.45, 2.75) is 32.0 Å². The van der Waals surface area contributed by atoms with Crippen molar-refractivity contribution >= 4 is 23.4 Å². The van der Waals surface area contributed by atoms with Gasteiger partial charge in [0.25, 0.3) is 0 Å². The van der Waals surface area contributed by atoms with Crippen LogP contribution in [0.25, 0.3) is 0 Å². The van der Waals surface area contributed by atoms with E-state index in [-0.39, 0.29) is 17.3 Å². The zero-order valence-corrected chi connectivity index (χ0v) is 14.2. The molecule has 2 aromatic rings. The van der Waals surface area contributed by atoms with Crippen molar-refractivity contribution in [1.29, 1.82) is 0 Å². The third-order valence-corrected chi connectivity index (χ3v) is 4.11. The highest BCUT2D eigenvalue weighted by molar-refractivity contribution is 7.99. The average Bonchev–Trinajstić information content (AvgIpc) is 2.87. The third kappa shape index (κ3) is 4.38. The molecule has 0 aliphatic rings. The van der Waals surface area contributed by atoms with Crippen LogP contribution in [0.5, 0.6) is 5.75 Å². The number of ether oxygens (including phenoxy) is 1. The minimum atomic E-state index is -0.255. The lowest BCUT2D eigenvalue weighted by atomic mass is 10.2. The number of hydrogen-bond acceptors (Lipinski definition) is 5. The molecule has 7 nitrogen and oxygen atoms in total. The summed E-state index contributed by atoms with van der Waals surface area (Å²) in [6.07, 6.45) is 0.819. The van der Waals surface area contributed by atoms with E-state index in [0.29, 0.717) is 23.1 Å². The molecule has 0 atom stereocenters. The molecule has 124 valence electrons. The first kappa shape index (κ1) is 17.1. The van der Waals surface area contributed by atoms with E-state index in [1.807, 2.05) is 32.0 Å². The molecule has 1 heterocycles. The first-order valence-corrected chi connectivity index (χ1v) is 8.26. The van der Waals surface area contributed by atoms with E-state index in [4.69, 9.17) is 4.74 Å². The average molecular weight is 336 g/mol. The van der Waals surface area contributed by atoms with Gasteiger partial charge in [-0.3, -0.25) is 9.36 Å². The van der Waals surface area contributed by atoms with Crippen molar-refractivity contribution in [3.8, 4) is 5.75 Å². The van der Waals surface area contributed by atoms with Gasteiger partial charge in [0.15, 0.2) is 5.16 Å². The molecule has 1 amide bonds. The van der Waals surface area contributed by atoms with Gasteiger partial charge in [-0.1, -0.05) is 24.8 Å². The Morgan fingerprint density at radius 3 is 2.96 bits per heavy atom. The monoisotopic (exact) mass is 336 g/mol. The predicted octanol–water partition coefficient (Wildman–Crippen LogP) is 2.03. The normalized spacial score (nSPS) is 10.6. The van der Waals surface area contributed by atoms with Crippen molar-refractivity contribution < 1.29 is 9.53 Å². The second-order valence-electron chi connectivity index (χ2n) is 5.00. The topological polar surface area (TPSA) is 89.0 Å². The fourth-order valence-electron chi connectivity index (χ4n) is 2.07. The number of aryl methyl sites for hydroxylation is 1. The number of nitrogens with one attached hydrogen (secondary N) is 2. The Morgan fingerprint density at radius 2 is 2.26 bits per heavy atom. The minimum Gasteiger partial charge on any atom is -0.495 e. The van der Waals surface area contributed by atoms with Crippen LogP contribution in [-0.2, 0) is 11.3 Å². The number of carbonyl (C=O) groups excluding carboxylic acids is 1. The van der Waals surface area contributed by atoms with Gasteiger partial charge in [0, 0.05) is 6.54 Å². The van der Waals surface area contributed by atoms with E-state index in [1.165, 1.54) is 16.3 Å². The fraction of sp³-hybridized carbons (Fsp3) is 0.400. The number of H-pyrrole nitrogens is 1. The molecule has 23 heavy (non-hydrogen) atoms. The van der Waals surface area contributed by atoms with Crippen LogP contribution in [0, 0.1) is 6.92 Å². The van der Waals surface area contributed by atoms with Crippen molar-refractivity contribution in [1.82, 2.24) is 14.8 Å². The molecule has 0 bridgehead atoms. The lowest BCUT2D eigenvalue weighted by Gasteiger charge is -2.11. The largest absolute Gasteiger partial charge is 0.495 e. The number of carbonyl (C=O) groups is 1. The molecule has 1 aromatic heterocycles. The van der Waals surface area contributed by atoms with Crippen LogP contribution in [0.4, 0.5) is 5.69 Å². The summed E-state index contributed by atoms with van der Waals surface area (Å²) in [5, 5.41) is 9.69. The molecule has 0 unspecified atom stereocenters. The van der Waals surface area contributed by atoms with Crippen LogP contribution in [0.2, 0.25) is 0 Å². The summed E-state index contributed by atoms with van der Waals surface area (Å²) >= 11 is 1.22. The highest BCUT2D eigenvalue weighted by Gasteiger charge is 2.12. The molecule has 2 rings (SSSR count). The minimum absolute atomic E-state index is 0.158. The summed E-state index contributed by atoms with van der Waals surface area (Å²) < 4.78 is 6.77. The Balaban J connectivity index is 2.01. The van der Waals surface area contributed by atoms with Gasteiger partial charge in [-0.15, -0.1) is 5.10 Å². The second kappa shape index (κ2) is 7.87. The molecule has 2 N–H and O–H groups in total. The zero-order chi connectivity index (χ0) is 16.8. The molecule has 0 saturated carbocycles. The Morgan fingerprint density at radius 1 is 1.48 bits per heavy atom. The lowest BCUT2D eigenvalue weighted by molar-refractivity contribution is -0.113. The number of methoxy groups -OCH3 is 1. The van der Waals surface area contributed by atoms with E-state index in [0.717, 1.165) is 12.0 Å². The van der Waals surface area contributed by atoms with Gasteiger partial charge in [0.1, 0.15) is 5.75 Å². The van der Waals surface area contributed by atoms with E-state index >= 15 is 0 Å². The van der Waals surface area contributed by atoms with Crippen molar-refractivity contribution in [2.75, 3.05) is 18.2 Å². The van der Waals surface area contributed by atoms with Crippen LogP contribution in [0.3, 0.4) is 0 Å². The van der Waals surface area contributed by atoms with E-state index < -0.39 is 0 Å². The van der Waals surface area contributed by atoms with Gasteiger partial charge < -0.3 is 10.1 Å². The smallest absolute Gasteiger partial charge is 0.343 e. The number of thioether (sulfide) groups is 1. The van der Waals surface area contributed by atoms with Crippen LogP contribution in [0.1, 0.15) is 18.9 Å². The molecular weight excluding hydrogens is 316 g/mol. The van der Waals surface area contributed by atoms with Crippen LogP contribution < -0.4 is 15.7 Å². The summed E-state index contributed by atoms with van der Waals surface area (Å²) in [6.45, 7) is 4.49. The number of rotatable bonds is 7. The van der Waals surface area contributed by atoms with Gasteiger partial charge in [0.05, 0.1) is 18.6 Å². The Hall–Kier alpha value is -2.22. The summed E-state index contributed by atoms with van der Waals surface area (Å²) in [7, 11) is 1.56. The first-order valence-electron chi connectivity index (χ1n) is 7.27. The molecular formula is C15H20N4O3S. The molecule has 0 fully saturated rings. The van der Waals surface area contributed by atoms with Gasteiger partial charge in [0.2, 0.25) is 5.91 Å². The van der Waals surface area contributed by atoms with Crippen LogP contribution >= 0.6 is 11.8 Å². The van der Waals surface area contributed by atoms with Crippen molar-refractivity contribution in [3.05, 3.63) is 34.2 Å². The van der Waals surface area contributed by atoms with Gasteiger partial charge in [-0.05, 0) is 31.0 Å². The predicted molar refractivity (Wildman–Crippen MR) is 90.2 cm³/mol. The number of nitrogens with zero attached hydrogens (tertiary/aromatic N) is 2. The summed E-state index contributed by atoms with van der Waals surface area (Å²) in [5.74, 6) is 0.583. The number of benzene rings is 1. The molecule has 0 radical (unpaired) electrons. The number of aromatic amines is 1.